The molecule has 0 aliphatic carbocycles. The maximum absolute atomic E-state index is 13.8. The Morgan fingerprint density at radius 1 is 0.946 bits per heavy atom. The zero-order valence-electron chi connectivity index (χ0n) is 20.0. The van der Waals surface area contributed by atoms with E-state index in [1.807, 2.05) is 55.5 Å². The average Bonchev–Trinajstić information content (AvgIpc) is 3.63. The predicted molar refractivity (Wildman–Crippen MR) is 134 cm³/mol. The molecule has 2 bridgehead atoms. The first-order chi connectivity index (χ1) is 17.9. The van der Waals surface area contributed by atoms with Gasteiger partial charge in [0.2, 0.25) is 5.60 Å². The lowest BCUT2D eigenvalue weighted by Crippen LogP contribution is -2.56. The van der Waals surface area contributed by atoms with Gasteiger partial charge in [-0.15, -0.1) is 0 Å². The number of nitrogens with one attached hydrogen (secondary N) is 1. The second-order valence-electron chi connectivity index (χ2n) is 10.5. The van der Waals surface area contributed by atoms with Crippen LogP contribution in [0, 0.1) is 0 Å². The lowest BCUT2D eigenvalue weighted by atomic mass is 9.87. The van der Waals surface area contributed by atoms with Gasteiger partial charge in [0, 0.05) is 41.6 Å². The first-order valence-electron chi connectivity index (χ1n) is 12.4. The van der Waals surface area contributed by atoms with Gasteiger partial charge >= 0.3 is 6.09 Å². The van der Waals surface area contributed by atoms with Crippen LogP contribution in [0.1, 0.15) is 35.5 Å². The number of aromatic nitrogens is 2. The van der Waals surface area contributed by atoms with Gasteiger partial charge in [0.15, 0.2) is 5.72 Å². The summed E-state index contributed by atoms with van der Waals surface area (Å²) >= 11 is 0. The minimum absolute atomic E-state index is 0.0869. The van der Waals surface area contributed by atoms with E-state index in [-0.39, 0.29) is 12.3 Å². The molecule has 0 unspecified atom stereocenters. The summed E-state index contributed by atoms with van der Waals surface area (Å²) in [5.74, 6) is -0.501. The summed E-state index contributed by atoms with van der Waals surface area (Å²) in [5, 5.41) is 6.80. The van der Waals surface area contributed by atoms with Gasteiger partial charge in [-0.25, -0.2) is 9.69 Å². The van der Waals surface area contributed by atoms with Crippen LogP contribution in [-0.4, -0.2) is 44.6 Å². The lowest BCUT2D eigenvalue weighted by Gasteiger charge is -2.37. The Morgan fingerprint density at radius 2 is 1.65 bits per heavy atom. The molecular formula is C28H20N4O5. The number of hydrogen-bond acceptors (Lipinski definition) is 5. The molecule has 9 heteroatoms. The Hall–Kier alpha value is -4.37. The Bertz CT molecular complexity index is 1990. The molecule has 2 saturated heterocycles. The third kappa shape index (κ3) is 1.85. The number of imide groups is 1. The standard InChI is InChI=1S/C28H20N4O5/c1-27-28(25(34)30(2)26(35)37-28)11-18(36-27)31-16-9-5-3-7-13(16)20-21-15(12-29-24(21)33)19-14-8-4-6-10-17(14)32(27)23(19)22(20)31/h3-10,18H,11-12H2,1-2H3,(H,29,33)/t18-,27+,28-/m1/s1. The third-order valence-electron chi connectivity index (χ3n) is 8.99. The molecule has 2 fully saturated rings. The van der Waals surface area contributed by atoms with E-state index >= 15 is 0 Å². The number of rotatable bonds is 0. The van der Waals surface area contributed by atoms with Gasteiger partial charge in [-0.1, -0.05) is 36.4 Å². The first kappa shape index (κ1) is 19.8. The molecule has 4 aliphatic heterocycles. The predicted octanol–water partition coefficient (Wildman–Crippen LogP) is 4.10. The molecular weight excluding hydrogens is 472 g/mol. The van der Waals surface area contributed by atoms with E-state index in [1.165, 1.54) is 7.05 Å². The van der Waals surface area contributed by atoms with Gasteiger partial charge in [0.05, 0.1) is 27.6 Å². The van der Waals surface area contributed by atoms with Crippen molar-refractivity contribution in [3.63, 3.8) is 0 Å². The monoisotopic (exact) mass is 492 g/mol. The number of nitrogens with zero attached hydrogens (tertiary/aromatic N) is 3. The van der Waals surface area contributed by atoms with Crippen molar-refractivity contribution < 1.29 is 23.9 Å². The molecule has 5 aromatic rings. The van der Waals surface area contributed by atoms with Crippen LogP contribution in [0.25, 0.3) is 43.6 Å². The summed E-state index contributed by atoms with van der Waals surface area (Å²) < 4.78 is 17.0. The van der Waals surface area contributed by atoms with Crippen LogP contribution < -0.4 is 5.32 Å². The molecule has 37 heavy (non-hydrogen) atoms. The van der Waals surface area contributed by atoms with E-state index in [0.717, 1.165) is 54.1 Å². The number of ether oxygens (including phenoxy) is 2. The second-order valence-corrected chi connectivity index (χ2v) is 10.5. The number of carbonyl (C=O) groups is 3. The van der Waals surface area contributed by atoms with Crippen molar-refractivity contribution in [1.82, 2.24) is 19.4 Å². The highest BCUT2D eigenvalue weighted by Crippen LogP contribution is 2.60. The molecule has 9 rings (SSSR count). The van der Waals surface area contributed by atoms with Crippen LogP contribution in [0.4, 0.5) is 4.79 Å². The maximum Gasteiger partial charge on any atom is 0.417 e. The molecule has 6 heterocycles. The maximum atomic E-state index is 13.8. The van der Waals surface area contributed by atoms with Crippen LogP contribution in [0.5, 0.6) is 0 Å². The minimum Gasteiger partial charge on any atom is -0.427 e. The Kier molecular flexibility index (Phi) is 3.09. The molecule has 1 N–H and O–H groups in total. The van der Waals surface area contributed by atoms with Crippen molar-refractivity contribution in [2.45, 2.75) is 37.4 Å². The molecule has 0 saturated carbocycles. The summed E-state index contributed by atoms with van der Waals surface area (Å²) in [5.41, 5.74) is 2.30. The highest BCUT2D eigenvalue weighted by Gasteiger charge is 2.72. The van der Waals surface area contributed by atoms with Gasteiger partial charge in [-0.2, -0.15) is 0 Å². The lowest BCUT2D eigenvalue weighted by molar-refractivity contribution is -0.178. The van der Waals surface area contributed by atoms with Gasteiger partial charge in [-0.3, -0.25) is 9.59 Å². The van der Waals surface area contributed by atoms with Crippen molar-refractivity contribution in [1.29, 1.82) is 0 Å². The topological polar surface area (TPSA) is 94.8 Å². The first-order valence-corrected chi connectivity index (χ1v) is 12.4. The van der Waals surface area contributed by atoms with E-state index in [1.54, 1.807) is 0 Å². The number of para-hydroxylation sites is 2. The average molecular weight is 492 g/mol. The normalized spacial score (nSPS) is 27.9. The molecule has 3 aromatic carbocycles. The summed E-state index contributed by atoms with van der Waals surface area (Å²) in [4.78, 5) is 40.9. The van der Waals surface area contributed by atoms with Crippen molar-refractivity contribution in [3.8, 4) is 0 Å². The van der Waals surface area contributed by atoms with Crippen LogP contribution >= 0.6 is 0 Å². The fourth-order valence-corrected chi connectivity index (χ4v) is 7.47. The second kappa shape index (κ2) is 5.78. The van der Waals surface area contributed by atoms with Crippen molar-refractivity contribution in [2.75, 3.05) is 7.05 Å². The Morgan fingerprint density at radius 3 is 2.38 bits per heavy atom. The molecule has 2 aromatic heterocycles. The molecule has 182 valence electrons. The summed E-state index contributed by atoms with van der Waals surface area (Å²) in [6.45, 7) is 2.26. The van der Waals surface area contributed by atoms with Crippen LogP contribution in [-0.2, 0) is 26.5 Å². The minimum atomic E-state index is -1.54. The van der Waals surface area contributed by atoms with Gasteiger partial charge in [0.25, 0.3) is 11.8 Å². The van der Waals surface area contributed by atoms with Gasteiger partial charge < -0.3 is 23.9 Å². The third-order valence-corrected chi connectivity index (χ3v) is 8.99. The number of benzene rings is 3. The smallest absolute Gasteiger partial charge is 0.417 e. The zero-order chi connectivity index (χ0) is 25.0. The largest absolute Gasteiger partial charge is 0.427 e. The number of fused-ring (bicyclic) bond motifs is 14. The zero-order valence-corrected chi connectivity index (χ0v) is 20.0. The Balaban J connectivity index is 1.60. The molecule has 1 spiro atoms. The van der Waals surface area contributed by atoms with Gasteiger partial charge in [0.1, 0.15) is 6.23 Å². The van der Waals surface area contributed by atoms with Crippen molar-refractivity contribution >= 4 is 61.5 Å². The molecule has 3 amide bonds. The SMILES string of the molecule is CN1C(=O)O[C@]2(C[C@H]3O[C@]2(C)n2c4ccccc4c4c5c(c6c7ccccc7n3c6c42)C(=O)NC5)C1=O. The fraction of sp³-hybridized carbons (Fsp3) is 0.250. The van der Waals surface area contributed by atoms with Crippen molar-refractivity contribution in [2.24, 2.45) is 0 Å². The molecule has 3 atom stereocenters. The Labute approximate surface area is 209 Å². The highest BCUT2D eigenvalue weighted by molar-refractivity contribution is 6.31. The van der Waals surface area contributed by atoms with Crippen LogP contribution in [0.2, 0.25) is 0 Å². The molecule has 9 nitrogen and oxygen atoms in total. The number of likely N-dealkylation sites (N-methyl/N-ethyl adjacent to an activating group) is 1. The number of amides is 3. The van der Waals surface area contributed by atoms with Crippen molar-refractivity contribution in [3.05, 3.63) is 59.7 Å². The van der Waals surface area contributed by atoms with E-state index in [0.29, 0.717) is 12.1 Å². The van der Waals surface area contributed by atoms with Crippen LogP contribution in [0.3, 0.4) is 0 Å². The van der Waals surface area contributed by atoms with E-state index in [4.69, 9.17) is 9.47 Å². The van der Waals surface area contributed by atoms with Gasteiger partial charge in [-0.05, 0) is 24.6 Å². The molecule has 4 aliphatic rings. The van der Waals surface area contributed by atoms with E-state index in [2.05, 4.69) is 14.5 Å². The van der Waals surface area contributed by atoms with Crippen LogP contribution in [0.15, 0.2) is 48.5 Å². The quantitative estimate of drug-likeness (QED) is 0.351. The fourth-order valence-electron chi connectivity index (χ4n) is 7.47. The highest BCUT2D eigenvalue weighted by atomic mass is 16.6. The van der Waals surface area contributed by atoms with E-state index in [9.17, 15) is 14.4 Å². The number of carbonyl (C=O) groups excluding carboxylic acids is 3. The summed E-state index contributed by atoms with van der Waals surface area (Å²) in [6, 6.07) is 15.9. The molecule has 0 radical (unpaired) electrons. The number of hydrogen-bond donors (Lipinski definition) is 1. The summed E-state index contributed by atoms with van der Waals surface area (Å²) in [6.07, 6.45) is -1.12. The summed E-state index contributed by atoms with van der Waals surface area (Å²) in [7, 11) is 1.45. The van der Waals surface area contributed by atoms with E-state index < -0.39 is 29.6 Å².